The van der Waals surface area contributed by atoms with Crippen LogP contribution in [0.4, 0.5) is 0 Å². The van der Waals surface area contributed by atoms with Crippen molar-refractivity contribution >= 4 is 0 Å². The summed E-state index contributed by atoms with van der Waals surface area (Å²) in [6.07, 6.45) is 2.04. The monoisotopic (exact) mass is 125 g/mol. The van der Waals surface area contributed by atoms with Crippen LogP contribution in [0.25, 0.3) is 0 Å². The second-order valence-electron chi connectivity index (χ2n) is 1.08. The zero-order valence-electron chi connectivity index (χ0n) is 4.02. The van der Waals surface area contributed by atoms with Crippen molar-refractivity contribution in [2.24, 2.45) is 0 Å². The van der Waals surface area contributed by atoms with Crippen molar-refractivity contribution in [2.45, 2.75) is 19.8 Å². The van der Waals surface area contributed by atoms with E-state index in [0.717, 1.165) is 12.8 Å². The Morgan fingerprint density at radius 3 is 2.00 bits per heavy atom. The van der Waals surface area contributed by atoms with Gasteiger partial charge in [-0.05, 0) is 6.42 Å². The fourth-order valence-electron chi connectivity index (χ4n) is 0.158. The summed E-state index contributed by atoms with van der Waals surface area (Å²) in [4.78, 5) is 0. The second kappa shape index (κ2) is 9.11. The molecule has 0 unspecified atom stereocenters. The van der Waals surface area contributed by atoms with Crippen LogP contribution in [0.1, 0.15) is 19.8 Å². The molecule has 0 amide bonds. The van der Waals surface area contributed by atoms with E-state index >= 15 is 0 Å². The van der Waals surface area contributed by atoms with Crippen molar-refractivity contribution in [2.75, 3.05) is 6.61 Å². The Hall–Kier alpha value is 0.544. The topological polar surface area (TPSA) is 20.2 Å². The zero-order valence-corrected chi connectivity index (χ0v) is 5.41. The summed E-state index contributed by atoms with van der Waals surface area (Å²) in [5.74, 6) is 0. The standard InChI is InChI=1S/C4H10O.V/c1-2-3-4-5;/h5H,2-4H2,1H3;. The Labute approximate surface area is 50.6 Å². The summed E-state index contributed by atoms with van der Waals surface area (Å²) in [6, 6.07) is 0. The fourth-order valence-corrected chi connectivity index (χ4v) is 0.158. The van der Waals surface area contributed by atoms with Gasteiger partial charge in [-0.1, -0.05) is 13.3 Å². The Bertz CT molecular complexity index is 15.0. The van der Waals surface area contributed by atoms with Gasteiger partial charge in [0.2, 0.25) is 0 Å². The normalized spacial score (nSPS) is 7.00. The summed E-state index contributed by atoms with van der Waals surface area (Å²) < 4.78 is 0. The molecule has 1 radical (unpaired) electrons. The Kier molecular flexibility index (Phi) is 14.8. The van der Waals surface area contributed by atoms with Crippen molar-refractivity contribution in [3.05, 3.63) is 0 Å². The van der Waals surface area contributed by atoms with Gasteiger partial charge >= 0.3 is 0 Å². The van der Waals surface area contributed by atoms with Crippen LogP contribution in [-0.2, 0) is 18.6 Å². The van der Waals surface area contributed by atoms with E-state index in [1.807, 2.05) is 0 Å². The number of aliphatic hydroxyl groups is 1. The molecule has 0 saturated heterocycles. The average Bonchev–Trinajstić information content (AvgIpc) is 1.41. The third-order valence-electron chi connectivity index (χ3n) is 0.512. The molecular weight excluding hydrogens is 115 g/mol. The van der Waals surface area contributed by atoms with Crippen molar-refractivity contribution in [3.63, 3.8) is 0 Å². The molecule has 2 heteroatoms. The van der Waals surface area contributed by atoms with Gasteiger partial charge in [-0.2, -0.15) is 0 Å². The van der Waals surface area contributed by atoms with Crippen LogP contribution in [-0.4, -0.2) is 11.7 Å². The maximum atomic E-state index is 8.07. The number of hydrogen-bond acceptors (Lipinski definition) is 1. The van der Waals surface area contributed by atoms with Crippen LogP contribution >= 0.6 is 0 Å². The molecule has 6 heavy (non-hydrogen) atoms. The molecule has 1 N–H and O–H groups in total. The summed E-state index contributed by atoms with van der Waals surface area (Å²) in [7, 11) is 0. The number of aliphatic hydroxyl groups excluding tert-OH is 1. The average molecular weight is 125 g/mol. The maximum Gasteiger partial charge on any atom is 0.0430 e. The van der Waals surface area contributed by atoms with Gasteiger partial charge in [-0.25, -0.2) is 0 Å². The maximum absolute atomic E-state index is 8.07. The molecule has 0 saturated carbocycles. The molecule has 0 aliphatic heterocycles. The van der Waals surface area contributed by atoms with Gasteiger partial charge in [0.05, 0.1) is 0 Å². The van der Waals surface area contributed by atoms with Crippen LogP contribution < -0.4 is 0 Å². The van der Waals surface area contributed by atoms with Crippen LogP contribution in [0.5, 0.6) is 0 Å². The second-order valence-corrected chi connectivity index (χ2v) is 1.08. The third-order valence-corrected chi connectivity index (χ3v) is 0.512. The Morgan fingerprint density at radius 1 is 1.50 bits per heavy atom. The van der Waals surface area contributed by atoms with Gasteiger partial charge in [-0.15, -0.1) is 0 Å². The molecule has 0 rings (SSSR count). The SMILES string of the molecule is CCCCO.[V]. The quantitative estimate of drug-likeness (QED) is 0.578. The van der Waals surface area contributed by atoms with E-state index in [1.165, 1.54) is 0 Å². The zero-order chi connectivity index (χ0) is 4.12. The van der Waals surface area contributed by atoms with Gasteiger partial charge in [0.15, 0.2) is 0 Å². The third kappa shape index (κ3) is 8.82. The van der Waals surface area contributed by atoms with E-state index in [1.54, 1.807) is 0 Å². The van der Waals surface area contributed by atoms with Gasteiger partial charge in [-0.3, -0.25) is 0 Å². The first-order valence-electron chi connectivity index (χ1n) is 2.02. The molecule has 0 aromatic rings. The Balaban J connectivity index is 0. The van der Waals surface area contributed by atoms with Crippen molar-refractivity contribution in [1.29, 1.82) is 0 Å². The van der Waals surface area contributed by atoms with E-state index in [-0.39, 0.29) is 18.6 Å². The van der Waals surface area contributed by atoms with Crippen LogP contribution in [0.2, 0.25) is 0 Å². The molecule has 0 aliphatic rings. The number of unbranched alkanes of at least 4 members (excludes halogenated alkanes) is 1. The van der Waals surface area contributed by atoms with Crippen LogP contribution in [0.15, 0.2) is 0 Å². The summed E-state index contributed by atoms with van der Waals surface area (Å²) in [5, 5.41) is 8.07. The minimum Gasteiger partial charge on any atom is -0.396 e. The molecular formula is C4H10OV. The predicted octanol–water partition coefficient (Wildman–Crippen LogP) is 0.776. The molecule has 0 spiro atoms. The molecule has 0 bridgehead atoms. The summed E-state index contributed by atoms with van der Waals surface area (Å²) in [5.41, 5.74) is 0. The molecule has 1 nitrogen and oxygen atoms in total. The van der Waals surface area contributed by atoms with E-state index < -0.39 is 0 Å². The minimum absolute atomic E-state index is 0. The smallest absolute Gasteiger partial charge is 0.0430 e. The molecule has 0 heterocycles. The summed E-state index contributed by atoms with van der Waals surface area (Å²) >= 11 is 0. The van der Waals surface area contributed by atoms with Crippen molar-refractivity contribution in [3.8, 4) is 0 Å². The number of rotatable bonds is 2. The minimum atomic E-state index is 0. The molecule has 0 atom stereocenters. The fraction of sp³-hybridized carbons (Fsp3) is 1.00. The van der Waals surface area contributed by atoms with E-state index in [0.29, 0.717) is 6.61 Å². The van der Waals surface area contributed by atoms with E-state index in [4.69, 9.17) is 5.11 Å². The first-order chi connectivity index (χ1) is 2.41. The molecule has 0 aliphatic carbocycles. The van der Waals surface area contributed by atoms with Crippen LogP contribution in [0.3, 0.4) is 0 Å². The number of hydrogen-bond donors (Lipinski definition) is 1. The first-order valence-corrected chi connectivity index (χ1v) is 2.02. The van der Waals surface area contributed by atoms with Crippen LogP contribution in [0, 0.1) is 0 Å². The van der Waals surface area contributed by atoms with Crippen molar-refractivity contribution in [1.82, 2.24) is 0 Å². The predicted molar refractivity (Wildman–Crippen MR) is 22.0 cm³/mol. The summed E-state index contributed by atoms with van der Waals surface area (Å²) in [6.45, 7) is 2.40. The molecule has 0 aromatic heterocycles. The van der Waals surface area contributed by atoms with E-state index in [9.17, 15) is 0 Å². The Morgan fingerprint density at radius 2 is 2.00 bits per heavy atom. The van der Waals surface area contributed by atoms with E-state index in [2.05, 4.69) is 6.92 Å². The molecule has 0 fully saturated rings. The molecule has 0 aromatic carbocycles. The van der Waals surface area contributed by atoms with Gasteiger partial charge < -0.3 is 5.11 Å². The molecule has 37 valence electrons. The van der Waals surface area contributed by atoms with Crippen molar-refractivity contribution < 1.29 is 23.7 Å². The van der Waals surface area contributed by atoms with Gasteiger partial charge in [0.25, 0.3) is 0 Å². The van der Waals surface area contributed by atoms with Gasteiger partial charge in [0.1, 0.15) is 0 Å². The largest absolute Gasteiger partial charge is 0.396 e. The first kappa shape index (κ1) is 9.74. The van der Waals surface area contributed by atoms with Gasteiger partial charge in [0, 0.05) is 25.2 Å².